The first-order valence-corrected chi connectivity index (χ1v) is 11.7. The number of nitrogens with one attached hydrogen (secondary N) is 2. The van der Waals surface area contributed by atoms with E-state index in [1.54, 1.807) is 17.3 Å². The molecule has 10 heteroatoms. The Kier molecular flexibility index (Phi) is 5.07. The molecule has 2 amide bonds. The maximum Gasteiger partial charge on any atom is 0.257 e. The van der Waals surface area contributed by atoms with Crippen LogP contribution >= 0.6 is 0 Å². The number of hydrogen-bond acceptors (Lipinski definition) is 5. The van der Waals surface area contributed by atoms with E-state index >= 15 is 0 Å². The summed E-state index contributed by atoms with van der Waals surface area (Å²) < 4.78 is 24.7. The zero-order valence-electron chi connectivity index (χ0n) is 16.5. The summed E-state index contributed by atoms with van der Waals surface area (Å²) in [5.41, 5.74) is 2.20. The summed E-state index contributed by atoms with van der Waals surface area (Å²) in [7, 11) is -3.21. The van der Waals surface area contributed by atoms with Gasteiger partial charge in [-0.05, 0) is 30.9 Å². The Labute approximate surface area is 169 Å². The van der Waals surface area contributed by atoms with Crippen molar-refractivity contribution < 1.29 is 18.0 Å². The van der Waals surface area contributed by atoms with Crippen LogP contribution in [0.5, 0.6) is 0 Å². The Morgan fingerprint density at radius 1 is 1.38 bits per heavy atom. The Hall–Kier alpha value is -2.46. The predicted molar refractivity (Wildman–Crippen MR) is 108 cm³/mol. The highest BCUT2D eigenvalue weighted by molar-refractivity contribution is 7.88. The van der Waals surface area contributed by atoms with Gasteiger partial charge in [-0.25, -0.2) is 17.7 Å². The monoisotopic (exact) mass is 419 g/mol. The van der Waals surface area contributed by atoms with Gasteiger partial charge in [0.15, 0.2) is 0 Å². The maximum absolute atomic E-state index is 13.0. The van der Waals surface area contributed by atoms with E-state index in [1.807, 2.05) is 13.0 Å². The quantitative estimate of drug-likeness (QED) is 0.745. The minimum atomic E-state index is -3.21. The van der Waals surface area contributed by atoms with Crippen molar-refractivity contribution in [3.05, 3.63) is 29.6 Å². The van der Waals surface area contributed by atoms with E-state index in [9.17, 15) is 18.0 Å². The fourth-order valence-corrected chi connectivity index (χ4v) is 5.14. The number of aromatic amines is 1. The van der Waals surface area contributed by atoms with Crippen LogP contribution in [0.15, 0.2) is 18.5 Å². The van der Waals surface area contributed by atoms with Crippen molar-refractivity contribution in [2.45, 2.75) is 44.8 Å². The van der Waals surface area contributed by atoms with Gasteiger partial charge in [-0.2, -0.15) is 0 Å². The smallest absolute Gasteiger partial charge is 0.257 e. The first-order valence-electron chi connectivity index (χ1n) is 9.81. The van der Waals surface area contributed by atoms with Gasteiger partial charge < -0.3 is 15.2 Å². The standard InChI is InChI=1S/C19H25N5O4S/c1-3-15(18(25)22-13-5-8-23(9-6-13)29(2,27)28)24-11-12-4-7-20-17-16(12)14(10-21-17)19(24)26/h4,7,10,13,15H,3,5-6,8-9,11H2,1-2H3,(H,20,21)(H,22,25)/t15-/m1/s1. The summed E-state index contributed by atoms with van der Waals surface area (Å²) >= 11 is 0. The lowest BCUT2D eigenvalue weighted by molar-refractivity contribution is -0.127. The van der Waals surface area contributed by atoms with Crippen LogP contribution in [0.2, 0.25) is 0 Å². The van der Waals surface area contributed by atoms with Crippen LogP contribution in [-0.4, -0.2) is 70.8 Å². The average molecular weight is 420 g/mol. The number of piperidine rings is 1. The summed E-state index contributed by atoms with van der Waals surface area (Å²) in [6.45, 7) is 3.04. The number of aromatic nitrogens is 2. The number of nitrogens with zero attached hydrogens (tertiary/aromatic N) is 3. The van der Waals surface area contributed by atoms with Crippen LogP contribution in [0.25, 0.3) is 11.0 Å². The summed E-state index contributed by atoms with van der Waals surface area (Å²) in [5.74, 6) is -0.367. The molecule has 9 nitrogen and oxygen atoms in total. The summed E-state index contributed by atoms with van der Waals surface area (Å²) in [6, 6.07) is 1.21. The highest BCUT2D eigenvalue weighted by atomic mass is 32.2. The van der Waals surface area contributed by atoms with Gasteiger partial charge in [-0.3, -0.25) is 9.59 Å². The van der Waals surface area contributed by atoms with E-state index in [1.165, 1.54) is 10.6 Å². The summed E-state index contributed by atoms with van der Waals surface area (Å²) in [5, 5.41) is 3.86. The fourth-order valence-electron chi connectivity index (χ4n) is 4.26. The molecule has 2 aromatic rings. The van der Waals surface area contributed by atoms with Crippen molar-refractivity contribution >= 4 is 32.9 Å². The number of amides is 2. The van der Waals surface area contributed by atoms with E-state index in [0.717, 1.165) is 10.9 Å². The lowest BCUT2D eigenvalue weighted by Gasteiger charge is -2.35. The van der Waals surface area contributed by atoms with E-state index in [0.29, 0.717) is 50.1 Å². The number of H-pyrrole nitrogens is 1. The fraction of sp³-hybridized carbons (Fsp3) is 0.526. The van der Waals surface area contributed by atoms with Crippen molar-refractivity contribution in [2.24, 2.45) is 0 Å². The first kappa shape index (κ1) is 19.8. The molecular formula is C19H25N5O4S. The molecule has 4 heterocycles. The molecule has 29 heavy (non-hydrogen) atoms. The lowest BCUT2D eigenvalue weighted by atomic mass is 9.99. The molecule has 1 saturated heterocycles. The number of carbonyl (C=O) groups excluding carboxylic acids is 2. The Bertz CT molecular complexity index is 1060. The normalized spacial score (nSPS) is 19.5. The van der Waals surface area contributed by atoms with Gasteiger partial charge in [0.2, 0.25) is 15.9 Å². The molecule has 0 aromatic carbocycles. The molecule has 0 bridgehead atoms. The third-order valence-electron chi connectivity index (χ3n) is 5.83. The molecule has 0 spiro atoms. The second-order valence-corrected chi connectivity index (χ2v) is 9.68. The van der Waals surface area contributed by atoms with Crippen molar-refractivity contribution in [1.29, 1.82) is 0 Å². The van der Waals surface area contributed by atoms with Crippen LogP contribution in [0, 0.1) is 0 Å². The third-order valence-corrected chi connectivity index (χ3v) is 7.13. The number of sulfonamides is 1. The molecule has 2 aliphatic rings. The minimum Gasteiger partial charge on any atom is -0.351 e. The maximum atomic E-state index is 13.0. The molecule has 0 saturated carbocycles. The largest absolute Gasteiger partial charge is 0.351 e. The van der Waals surface area contributed by atoms with E-state index in [-0.39, 0.29) is 17.9 Å². The van der Waals surface area contributed by atoms with Crippen molar-refractivity contribution in [3.8, 4) is 0 Å². The number of carbonyl (C=O) groups is 2. The number of rotatable bonds is 5. The average Bonchev–Trinajstić information content (AvgIpc) is 3.12. The van der Waals surface area contributed by atoms with Gasteiger partial charge in [0.25, 0.3) is 5.91 Å². The third kappa shape index (κ3) is 3.62. The molecule has 2 aromatic heterocycles. The number of pyridine rings is 1. The lowest BCUT2D eigenvalue weighted by Crippen LogP contribution is -2.54. The molecule has 2 N–H and O–H groups in total. The van der Waals surface area contributed by atoms with Gasteiger partial charge in [-0.15, -0.1) is 0 Å². The van der Waals surface area contributed by atoms with Gasteiger partial charge in [0, 0.05) is 43.5 Å². The van der Waals surface area contributed by atoms with Crippen molar-refractivity contribution in [2.75, 3.05) is 19.3 Å². The van der Waals surface area contributed by atoms with Gasteiger partial charge in [-0.1, -0.05) is 6.92 Å². The van der Waals surface area contributed by atoms with E-state index < -0.39 is 16.1 Å². The van der Waals surface area contributed by atoms with Crippen molar-refractivity contribution in [3.63, 3.8) is 0 Å². The van der Waals surface area contributed by atoms with Crippen molar-refractivity contribution in [1.82, 2.24) is 24.5 Å². The van der Waals surface area contributed by atoms with Crippen LogP contribution in [0.3, 0.4) is 0 Å². The van der Waals surface area contributed by atoms with Gasteiger partial charge in [0.1, 0.15) is 11.7 Å². The summed E-state index contributed by atoms with van der Waals surface area (Å²) in [4.78, 5) is 34.9. The molecule has 2 aliphatic heterocycles. The number of hydrogen-bond donors (Lipinski definition) is 2. The molecular weight excluding hydrogens is 394 g/mol. The van der Waals surface area contributed by atoms with Crippen LogP contribution in [-0.2, 0) is 21.4 Å². The van der Waals surface area contributed by atoms with Crippen LogP contribution in [0.1, 0.15) is 42.1 Å². The molecule has 0 aliphatic carbocycles. The van der Waals surface area contributed by atoms with Crippen LogP contribution in [0.4, 0.5) is 0 Å². The van der Waals surface area contributed by atoms with E-state index in [2.05, 4.69) is 15.3 Å². The first-order chi connectivity index (χ1) is 13.8. The Morgan fingerprint density at radius 3 is 2.76 bits per heavy atom. The van der Waals surface area contributed by atoms with Gasteiger partial charge in [0.05, 0.1) is 11.8 Å². The highest BCUT2D eigenvalue weighted by Gasteiger charge is 2.36. The molecule has 156 valence electrons. The Balaban J connectivity index is 1.47. The highest BCUT2D eigenvalue weighted by Crippen LogP contribution is 2.30. The molecule has 1 fully saturated rings. The van der Waals surface area contributed by atoms with Gasteiger partial charge >= 0.3 is 0 Å². The van der Waals surface area contributed by atoms with E-state index in [4.69, 9.17) is 0 Å². The molecule has 1 atom stereocenters. The zero-order chi connectivity index (χ0) is 20.8. The SMILES string of the molecule is CC[C@H](C(=O)NC1CCN(S(C)(=O)=O)CC1)N1Cc2ccnc3[nH]cc(c23)C1=O. The Morgan fingerprint density at radius 2 is 2.10 bits per heavy atom. The topological polar surface area (TPSA) is 115 Å². The van der Waals surface area contributed by atoms with Crippen LogP contribution < -0.4 is 5.32 Å². The minimum absolute atomic E-state index is 0.0927. The second-order valence-electron chi connectivity index (χ2n) is 7.70. The molecule has 0 unspecified atom stereocenters. The predicted octanol–water partition coefficient (Wildman–Crippen LogP) is 0.838. The second kappa shape index (κ2) is 7.42. The molecule has 0 radical (unpaired) electrons. The molecule has 4 rings (SSSR count). The summed E-state index contributed by atoms with van der Waals surface area (Å²) in [6.07, 6.45) is 6.18. The zero-order valence-corrected chi connectivity index (χ0v) is 17.3.